The van der Waals surface area contributed by atoms with Crippen molar-refractivity contribution < 1.29 is 19.1 Å². The number of nitrogens with one attached hydrogen (secondary N) is 2. The number of benzene rings is 1. The van der Waals surface area contributed by atoms with Gasteiger partial charge in [-0.25, -0.2) is 4.79 Å². The van der Waals surface area contributed by atoms with E-state index < -0.39 is 18.5 Å². The highest BCUT2D eigenvalue weighted by molar-refractivity contribution is 6.04. The van der Waals surface area contributed by atoms with Gasteiger partial charge in [0.25, 0.3) is 5.91 Å². The number of ether oxygens (including phenoxy) is 1. The molecule has 1 aliphatic carbocycles. The number of nitrogens with zero attached hydrogens (tertiary/aromatic N) is 1. The number of amides is 2. The van der Waals surface area contributed by atoms with E-state index in [4.69, 9.17) is 4.74 Å². The lowest BCUT2D eigenvalue weighted by Crippen LogP contribution is -2.37. The molecule has 130 valence electrons. The van der Waals surface area contributed by atoms with Crippen molar-refractivity contribution >= 4 is 28.7 Å². The molecule has 1 aromatic heterocycles. The van der Waals surface area contributed by atoms with Gasteiger partial charge in [0.2, 0.25) is 5.91 Å². The van der Waals surface area contributed by atoms with Crippen molar-refractivity contribution in [3.05, 3.63) is 41.6 Å². The smallest absolute Gasteiger partial charge is 0.339 e. The van der Waals surface area contributed by atoms with Gasteiger partial charge in [0.05, 0.1) is 17.6 Å². The van der Waals surface area contributed by atoms with E-state index in [0.717, 1.165) is 24.1 Å². The van der Waals surface area contributed by atoms with Crippen molar-refractivity contribution in [2.75, 3.05) is 20.2 Å². The molecule has 7 nitrogen and oxygen atoms in total. The first kappa shape index (κ1) is 16.9. The highest BCUT2D eigenvalue weighted by Gasteiger charge is 2.27. The second-order valence-corrected chi connectivity index (χ2v) is 5.91. The second-order valence-electron chi connectivity index (χ2n) is 5.91. The summed E-state index contributed by atoms with van der Waals surface area (Å²) in [5.74, 6) is -1.03. The maximum absolute atomic E-state index is 12.4. The summed E-state index contributed by atoms with van der Waals surface area (Å²) in [5.41, 5.74) is 2.03. The quantitative estimate of drug-likeness (QED) is 0.768. The van der Waals surface area contributed by atoms with Crippen LogP contribution in [0.3, 0.4) is 0 Å². The molecule has 0 radical (unpaired) electrons. The molecule has 0 aliphatic heterocycles. The fourth-order valence-electron chi connectivity index (χ4n) is 2.48. The minimum atomic E-state index is -0.574. The van der Waals surface area contributed by atoms with Crippen LogP contribution in [-0.2, 0) is 14.3 Å². The highest BCUT2D eigenvalue weighted by Crippen LogP contribution is 2.40. The summed E-state index contributed by atoms with van der Waals surface area (Å²) in [7, 11) is 1.47. The van der Waals surface area contributed by atoms with Gasteiger partial charge in [-0.15, -0.1) is 0 Å². The molecule has 1 aliphatic rings. The maximum atomic E-state index is 12.4. The summed E-state index contributed by atoms with van der Waals surface area (Å²) in [5, 5.41) is 5.46. The minimum absolute atomic E-state index is 0.156. The molecule has 7 heteroatoms. The van der Waals surface area contributed by atoms with Crippen molar-refractivity contribution in [2.45, 2.75) is 18.8 Å². The monoisotopic (exact) mass is 341 g/mol. The third-order valence-corrected chi connectivity index (χ3v) is 4.01. The third kappa shape index (κ3) is 4.12. The zero-order valence-electron chi connectivity index (χ0n) is 13.9. The number of esters is 1. The van der Waals surface area contributed by atoms with Gasteiger partial charge in [0.15, 0.2) is 6.61 Å². The Bertz CT molecular complexity index is 830. The van der Waals surface area contributed by atoms with E-state index in [0.29, 0.717) is 16.9 Å². The molecular formula is C18H19N3O4. The summed E-state index contributed by atoms with van der Waals surface area (Å²) < 4.78 is 5.11. The number of carbonyl (C=O) groups excluding carboxylic acids is 3. The Labute approximate surface area is 144 Å². The van der Waals surface area contributed by atoms with Crippen molar-refractivity contribution in [3.8, 4) is 0 Å². The van der Waals surface area contributed by atoms with Gasteiger partial charge in [0.1, 0.15) is 0 Å². The van der Waals surface area contributed by atoms with E-state index in [9.17, 15) is 14.4 Å². The molecule has 0 bridgehead atoms. The number of para-hydroxylation sites is 1. The van der Waals surface area contributed by atoms with E-state index in [2.05, 4.69) is 15.6 Å². The summed E-state index contributed by atoms with van der Waals surface area (Å²) in [6.45, 7) is -0.595. The predicted octanol–water partition coefficient (Wildman–Crippen LogP) is 1.13. The molecule has 0 unspecified atom stereocenters. The Morgan fingerprint density at radius 2 is 1.96 bits per heavy atom. The lowest BCUT2D eigenvalue weighted by molar-refractivity contribution is -0.127. The first-order valence-corrected chi connectivity index (χ1v) is 8.12. The van der Waals surface area contributed by atoms with Crippen LogP contribution >= 0.6 is 0 Å². The molecule has 0 spiro atoms. The van der Waals surface area contributed by atoms with Crippen LogP contribution in [0.5, 0.6) is 0 Å². The molecule has 1 aromatic carbocycles. The Balaban J connectivity index is 1.71. The molecular weight excluding hydrogens is 322 g/mol. The molecule has 1 heterocycles. The Kier molecular flexibility index (Phi) is 4.92. The Hall–Kier alpha value is -2.96. The van der Waals surface area contributed by atoms with E-state index in [1.165, 1.54) is 7.05 Å². The summed E-state index contributed by atoms with van der Waals surface area (Å²) in [4.78, 5) is 39.8. The molecule has 1 fully saturated rings. The summed E-state index contributed by atoms with van der Waals surface area (Å²) in [6.07, 6.45) is 2.14. The van der Waals surface area contributed by atoms with Crippen LogP contribution in [0, 0.1) is 0 Å². The standard InChI is InChI=1S/C18H19N3O4/c1-19-16(22)9-20-17(23)10-25-18(24)13-8-15(11-6-7-11)21-14-5-3-2-4-12(13)14/h2-5,8,11H,6-7,9-10H2,1H3,(H,19,22)(H,20,23). The number of pyridine rings is 1. The molecule has 1 saturated carbocycles. The lowest BCUT2D eigenvalue weighted by atomic mass is 10.1. The van der Waals surface area contributed by atoms with E-state index in [1.807, 2.05) is 18.2 Å². The zero-order valence-corrected chi connectivity index (χ0v) is 13.9. The highest BCUT2D eigenvalue weighted by atomic mass is 16.5. The maximum Gasteiger partial charge on any atom is 0.339 e. The molecule has 2 amide bonds. The topological polar surface area (TPSA) is 97.4 Å². The first-order valence-electron chi connectivity index (χ1n) is 8.12. The number of fused-ring (bicyclic) bond motifs is 1. The average molecular weight is 341 g/mol. The molecule has 2 N–H and O–H groups in total. The van der Waals surface area contributed by atoms with Crippen molar-refractivity contribution in [2.24, 2.45) is 0 Å². The molecule has 2 aromatic rings. The first-order chi connectivity index (χ1) is 12.1. The molecule has 0 atom stereocenters. The predicted molar refractivity (Wildman–Crippen MR) is 91.1 cm³/mol. The number of rotatable bonds is 6. The fourth-order valence-corrected chi connectivity index (χ4v) is 2.48. The van der Waals surface area contributed by atoms with Gasteiger partial charge in [-0.05, 0) is 25.0 Å². The van der Waals surface area contributed by atoms with Crippen LogP contribution in [-0.4, -0.2) is 43.0 Å². The zero-order chi connectivity index (χ0) is 17.8. The van der Waals surface area contributed by atoms with Crippen molar-refractivity contribution in [3.63, 3.8) is 0 Å². The fraction of sp³-hybridized carbons (Fsp3) is 0.333. The number of carbonyl (C=O) groups is 3. The van der Waals surface area contributed by atoms with Crippen LogP contribution in [0.2, 0.25) is 0 Å². The SMILES string of the molecule is CNC(=O)CNC(=O)COC(=O)c1cc(C2CC2)nc2ccccc12. The van der Waals surface area contributed by atoms with Crippen molar-refractivity contribution in [1.29, 1.82) is 0 Å². The van der Waals surface area contributed by atoms with Gasteiger partial charge >= 0.3 is 5.97 Å². The van der Waals surface area contributed by atoms with Crippen LogP contribution in [0.25, 0.3) is 10.9 Å². The van der Waals surface area contributed by atoms with Gasteiger partial charge in [-0.1, -0.05) is 18.2 Å². The van der Waals surface area contributed by atoms with Gasteiger partial charge in [0, 0.05) is 24.0 Å². The van der Waals surface area contributed by atoms with Crippen LogP contribution < -0.4 is 10.6 Å². The van der Waals surface area contributed by atoms with Gasteiger partial charge < -0.3 is 15.4 Å². The van der Waals surface area contributed by atoms with Crippen LogP contribution in [0.1, 0.15) is 34.8 Å². The number of likely N-dealkylation sites (N-methyl/N-ethyl adjacent to an activating group) is 1. The van der Waals surface area contributed by atoms with E-state index in [-0.39, 0.29) is 12.5 Å². The normalized spacial score (nSPS) is 13.3. The van der Waals surface area contributed by atoms with E-state index >= 15 is 0 Å². The van der Waals surface area contributed by atoms with Crippen molar-refractivity contribution in [1.82, 2.24) is 15.6 Å². The largest absolute Gasteiger partial charge is 0.452 e. The summed E-state index contributed by atoms with van der Waals surface area (Å²) in [6, 6.07) is 9.11. The number of aromatic nitrogens is 1. The van der Waals surface area contributed by atoms with Gasteiger partial charge in [-0.2, -0.15) is 0 Å². The second kappa shape index (κ2) is 7.29. The van der Waals surface area contributed by atoms with Gasteiger partial charge in [-0.3, -0.25) is 14.6 Å². The molecule has 0 saturated heterocycles. The lowest BCUT2D eigenvalue weighted by Gasteiger charge is -2.10. The minimum Gasteiger partial charge on any atom is -0.452 e. The number of hydrogen-bond acceptors (Lipinski definition) is 5. The van der Waals surface area contributed by atoms with Crippen LogP contribution in [0.4, 0.5) is 0 Å². The van der Waals surface area contributed by atoms with E-state index in [1.54, 1.807) is 12.1 Å². The molecule has 25 heavy (non-hydrogen) atoms. The number of hydrogen-bond donors (Lipinski definition) is 2. The third-order valence-electron chi connectivity index (χ3n) is 4.01. The summed E-state index contributed by atoms with van der Waals surface area (Å²) >= 11 is 0. The Morgan fingerprint density at radius 3 is 2.68 bits per heavy atom. The Morgan fingerprint density at radius 1 is 1.20 bits per heavy atom. The molecule has 3 rings (SSSR count). The average Bonchev–Trinajstić information content (AvgIpc) is 3.48. The van der Waals surface area contributed by atoms with Crippen LogP contribution in [0.15, 0.2) is 30.3 Å².